The summed E-state index contributed by atoms with van der Waals surface area (Å²) in [5.41, 5.74) is 2.04. The smallest absolute Gasteiger partial charge is 0.358 e. The van der Waals surface area contributed by atoms with Crippen LogP contribution in [0.1, 0.15) is 5.56 Å². The summed E-state index contributed by atoms with van der Waals surface area (Å²) >= 11 is 3.07. The normalized spacial score (nSPS) is 13.3. The van der Waals surface area contributed by atoms with E-state index < -0.39 is 4.92 Å². The highest BCUT2D eigenvalue weighted by Crippen LogP contribution is 2.28. The number of hydrogen-bond donors (Lipinski definition) is 0. The zero-order valence-electron chi connectivity index (χ0n) is 10.9. The van der Waals surface area contributed by atoms with Gasteiger partial charge in [-0.3, -0.25) is 4.79 Å². The summed E-state index contributed by atoms with van der Waals surface area (Å²) in [5, 5.41) is 14.5. The third-order valence-corrected chi connectivity index (χ3v) is 3.92. The van der Waals surface area contributed by atoms with Gasteiger partial charge in [0.05, 0.1) is 11.3 Å². The molecule has 1 aliphatic heterocycles. The van der Waals surface area contributed by atoms with Gasteiger partial charge in [0.2, 0.25) is 0 Å². The lowest BCUT2D eigenvalue weighted by Crippen LogP contribution is -2.32. The Morgan fingerprint density at radius 1 is 1.43 bits per heavy atom. The van der Waals surface area contributed by atoms with Gasteiger partial charge < -0.3 is 15.0 Å². The molecular weight excluding hydrogens is 340 g/mol. The predicted octanol–water partition coefficient (Wildman–Crippen LogP) is 2.14. The molecule has 3 rings (SSSR count). The number of hydrogen-bond acceptors (Lipinski definition) is 4. The molecule has 0 saturated carbocycles. The van der Waals surface area contributed by atoms with E-state index in [9.17, 15) is 14.9 Å². The summed E-state index contributed by atoms with van der Waals surface area (Å²) in [6.45, 7) is 0.601. The second kappa shape index (κ2) is 5.28. The number of carbonyl (C=O) groups excluding carboxylic acids is 1. The number of amides is 1. The third-order valence-electron chi connectivity index (χ3n) is 3.36. The minimum atomic E-state index is -0.587. The zero-order chi connectivity index (χ0) is 15.0. The lowest BCUT2D eigenvalue weighted by atomic mass is 10.2. The van der Waals surface area contributed by atoms with Gasteiger partial charge in [0, 0.05) is 12.2 Å². The van der Waals surface area contributed by atoms with E-state index in [-0.39, 0.29) is 22.7 Å². The molecule has 0 aliphatic carbocycles. The highest BCUT2D eigenvalue weighted by Gasteiger charge is 2.26. The van der Waals surface area contributed by atoms with Crippen LogP contribution < -0.4 is 4.90 Å². The fourth-order valence-corrected chi connectivity index (χ4v) is 2.87. The fraction of sp³-hybridized carbons (Fsp3) is 0.231. The topological polar surface area (TPSA) is 81.3 Å². The second-order valence-electron chi connectivity index (χ2n) is 4.68. The maximum Gasteiger partial charge on any atom is 0.404 e. The lowest BCUT2D eigenvalue weighted by Gasteiger charge is -2.16. The molecule has 1 aromatic carbocycles. The van der Waals surface area contributed by atoms with Crippen molar-refractivity contribution in [1.29, 1.82) is 0 Å². The van der Waals surface area contributed by atoms with Crippen molar-refractivity contribution >= 4 is 33.3 Å². The Balaban J connectivity index is 1.79. The molecule has 0 spiro atoms. The summed E-state index contributed by atoms with van der Waals surface area (Å²) < 4.78 is 1.55. The van der Waals surface area contributed by atoms with Crippen molar-refractivity contribution in [3.8, 4) is 0 Å². The van der Waals surface area contributed by atoms with E-state index >= 15 is 0 Å². The van der Waals surface area contributed by atoms with Crippen molar-refractivity contribution < 1.29 is 9.72 Å². The molecule has 0 bridgehead atoms. The molecule has 2 aromatic rings. The van der Waals surface area contributed by atoms with Gasteiger partial charge in [-0.2, -0.15) is 4.68 Å². The Bertz CT molecular complexity index is 728. The number of carbonyl (C=O) groups is 1. The van der Waals surface area contributed by atoms with Crippen molar-refractivity contribution in [1.82, 2.24) is 9.78 Å². The number of benzene rings is 1. The molecule has 21 heavy (non-hydrogen) atoms. The Labute approximate surface area is 128 Å². The first-order valence-electron chi connectivity index (χ1n) is 6.32. The van der Waals surface area contributed by atoms with Gasteiger partial charge >= 0.3 is 5.82 Å². The van der Waals surface area contributed by atoms with Gasteiger partial charge in [-0.25, -0.2) is 0 Å². The van der Waals surface area contributed by atoms with Crippen LogP contribution in [0.3, 0.4) is 0 Å². The van der Waals surface area contributed by atoms with Crippen molar-refractivity contribution in [2.75, 3.05) is 11.4 Å². The van der Waals surface area contributed by atoms with Crippen LogP contribution in [0, 0.1) is 10.1 Å². The van der Waals surface area contributed by atoms with E-state index in [1.54, 1.807) is 4.90 Å². The lowest BCUT2D eigenvalue weighted by molar-refractivity contribution is -0.390. The maximum absolute atomic E-state index is 12.3. The van der Waals surface area contributed by atoms with Crippen LogP contribution in [0.25, 0.3) is 0 Å². The Morgan fingerprint density at radius 3 is 2.90 bits per heavy atom. The van der Waals surface area contributed by atoms with E-state index in [0.717, 1.165) is 17.7 Å². The minimum absolute atomic E-state index is 0.0270. The highest BCUT2D eigenvalue weighted by atomic mass is 79.9. The standard InChI is InChI=1S/C13H11BrN4O3/c14-10-7-16(15-13(10)18(20)21)8-12(19)17-6-5-9-3-1-2-4-11(9)17/h1-4,7H,5-6,8H2. The molecule has 0 atom stereocenters. The maximum atomic E-state index is 12.3. The zero-order valence-corrected chi connectivity index (χ0v) is 12.5. The van der Waals surface area contributed by atoms with Gasteiger partial charge in [-0.15, -0.1) is 0 Å². The summed E-state index contributed by atoms with van der Waals surface area (Å²) in [6, 6.07) is 7.74. The summed E-state index contributed by atoms with van der Waals surface area (Å²) in [7, 11) is 0. The van der Waals surface area contributed by atoms with E-state index in [1.807, 2.05) is 24.3 Å². The van der Waals surface area contributed by atoms with Crippen LogP contribution in [0.4, 0.5) is 11.5 Å². The largest absolute Gasteiger partial charge is 0.404 e. The molecule has 1 aromatic heterocycles. The molecule has 1 aliphatic rings. The second-order valence-corrected chi connectivity index (χ2v) is 5.53. The molecule has 0 N–H and O–H groups in total. The molecule has 0 fully saturated rings. The quantitative estimate of drug-likeness (QED) is 0.627. The van der Waals surface area contributed by atoms with Crippen LogP contribution in [0.2, 0.25) is 0 Å². The molecular formula is C13H11BrN4O3. The summed E-state index contributed by atoms with van der Waals surface area (Å²) in [4.78, 5) is 24.2. The van der Waals surface area contributed by atoms with Crippen molar-refractivity contribution in [3.63, 3.8) is 0 Å². The monoisotopic (exact) mass is 350 g/mol. The van der Waals surface area contributed by atoms with Gasteiger partial charge in [0.1, 0.15) is 11.0 Å². The van der Waals surface area contributed by atoms with E-state index in [2.05, 4.69) is 21.0 Å². The van der Waals surface area contributed by atoms with Crippen molar-refractivity contribution in [2.24, 2.45) is 0 Å². The van der Waals surface area contributed by atoms with Gasteiger partial charge in [-0.1, -0.05) is 18.2 Å². The van der Waals surface area contributed by atoms with E-state index in [0.29, 0.717) is 6.54 Å². The number of nitro groups is 1. The number of halogens is 1. The van der Waals surface area contributed by atoms with Crippen LogP contribution in [-0.2, 0) is 17.8 Å². The fourth-order valence-electron chi connectivity index (χ4n) is 2.41. The number of nitrogens with zero attached hydrogens (tertiary/aromatic N) is 4. The Hall–Kier alpha value is -2.22. The summed E-state index contributed by atoms with van der Waals surface area (Å²) in [5.74, 6) is -0.422. The number of aromatic nitrogens is 2. The Morgan fingerprint density at radius 2 is 2.19 bits per heavy atom. The first kappa shape index (κ1) is 13.7. The average Bonchev–Trinajstić information content (AvgIpc) is 3.02. The van der Waals surface area contributed by atoms with E-state index in [1.165, 1.54) is 10.9 Å². The first-order chi connectivity index (χ1) is 10.1. The molecule has 7 nitrogen and oxygen atoms in total. The van der Waals surface area contributed by atoms with Crippen LogP contribution in [-0.4, -0.2) is 27.2 Å². The first-order valence-corrected chi connectivity index (χ1v) is 7.11. The predicted molar refractivity (Wildman–Crippen MR) is 79.1 cm³/mol. The molecule has 108 valence electrons. The van der Waals surface area contributed by atoms with Crippen molar-refractivity contribution in [3.05, 3.63) is 50.6 Å². The molecule has 0 saturated heterocycles. The molecule has 2 heterocycles. The number of anilines is 1. The minimum Gasteiger partial charge on any atom is -0.358 e. The van der Waals surface area contributed by atoms with Crippen LogP contribution >= 0.6 is 15.9 Å². The highest BCUT2D eigenvalue weighted by molar-refractivity contribution is 9.10. The summed E-state index contributed by atoms with van der Waals surface area (Å²) in [6.07, 6.45) is 2.27. The van der Waals surface area contributed by atoms with Gasteiger partial charge in [0.15, 0.2) is 0 Å². The van der Waals surface area contributed by atoms with Crippen LogP contribution in [0.5, 0.6) is 0 Å². The number of para-hydroxylation sites is 1. The molecule has 0 radical (unpaired) electrons. The van der Waals surface area contributed by atoms with E-state index in [4.69, 9.17) is 0 Å². The van der Waals surface area contributed by atoms with Crippen LogP contribution in [0.15, 0.2) is 34.9 Å². The Kier molecular flexibility index (Phi) is 3.46. The molecule has 8 heteroatoms. The molecule has 0 unspecified atom stereocenters. The van der Waals surface area contributed by atoms with Crippen molar-refractivity contribution in [2.45, 2.75) is 13.0 Å². The van der Waals surface area contributed by atoms with Gasteiger partial charge in [-0.05, 0) is 38.9 Å². The number of fused-ring (bicyclic) bond motifs is 1. The average molecular weight is 351 g/mol. The molecule has 1 amide bonds. The number of rotatable bonds is 3. The third kappa shape index (κ3) is 2.54. The SMILES string of the molecule is O=C(Cn1cc(Br)c([N+](=O)[O-])n1)N1CCc2ccccc21. The van der Waals surface area contributed by atoms with Gasteiger partial charge in [0.25, 0.3) is 5.91 Å².